The number of nitro benzene ring substituents is 1. The van der Waals surface area contributed by atoms with Crippen LogP contribution in [0.4, 0.5) is 5.69 Å². The fraction of sp³-hybridized carbons (Fsp3) is 0.500. The van der Waals surface area contributed by atoms with Crippen molar-refractivity contribution in [1.82, 2.24) is 0 Å². The molecule has 0 amide bonds. The number of aliphatic hydroxyl groups excluding tert-OH is 3. The van der Waals surface area contributed by atoms with Crippen LogP contribution in [0.5, 0.6) is 5.75 Å². The maximum atomic E-state index is 10.5. The molecule has 0 unspecified atom stereocenters. The van der Waals surface area contributed by atoms with E-state index in [1.165, 1.54) is 24.3 Å². The van der Waals surface area contributed by atoms with Crippen molar-refractivity contribution in [1.29, 1.82) is 0 Å². The van der Waals surface area contributed by atoms with Crippen LogP contribution >= 0.6 is 0 Å². The molecule has 20 heavy (non-hydrogen) atoms. The molecule has 1 saturated heterocycles. The van der Waals surface area contributed by atoms with E-state index < -0.39 is 36.1 Å². The van der Waals surface area contributed by atoms with Gasteiger partial charge in [-0.3, -0.25) is 10.1 Å². The minimum absolute atomic E-state index is 0.0364. The Balaban J connectivity index is 2.00. The zero-order valence-corrected chi connectivity index (χ0v) is 10.5. The van der Waals surface area contributed by atoms with Crippen LogP contribution in [-0.4, -0.2) is 51.5 Å². The highest BCUT2D eigenvalue weighted by molar-refractivity contribution is 5.36. The standard InChI is InChI=1S/C12H15NO7/c14-6-10-12(16)9(15)5-11(20-10)19-8-3-1-7(2-4-8)13(17)18/h1-4,9-12,14-16H,5-6H2/t9-,10-,11-,12-/m1/s1. The molecule has 0 spiro atoms. The molecule has 1 aromatic rings. The van der Waals surface area contributed by atoms with Crippen LogP contribution < -0.4 is 4.74 Å². The Morgan fingerprint density at radius 2 is 2.00 bits per heavy atom. The summed E-state index contributed by atoms with van der Waals surface area (Å²) >= 11 is 0. The maximum Gasteiger partial charge on any atom is 0.269 e. The number of hydrogen-bond acceptors (Lipinski definition) is 7. The number of nitro groups is 1. The number of hydrogen-bond donors (Lipinski definition) is 3. The quantitative estimate of drug-likeness (QED) is 0.517. The number of aliphatic hydroxyl groups is 3. The summed E-state index contributed by atoms with van der Waals surface area (Å²) in [7, 11) is 0. The van der Waals surface area contributed by atoms with Crippen LogP contribution in [0.1, 0.15) is 6.42 Å². The van der Waals surface area contributed by atoms with Gasteiger partial charge in [0.2, 0.25) is 6.29 Å². The Labute approximate surface area is 114 Å². The van der Waals surface area contributed by atoms with Gasteiger partial charge in [0.1, 0.15) is 18.0 Å². The van der Waals surface area contributed by atoms with Crippen molar-refractivity contribution in [3.63, 3.8) is 0 Å². The van der Waals surface area contributed by atoms with Gasteiger partial charge in [-0.1, -0.05) is 0 Å². The third-order valence-electron chi connectivity index (χ3n) is 3.03. The monoisotopic (exact) mass is 285 g/mol. The molecule has 8 heteroatoms. The molecule has 0 bridgehead atoms. The van der Waals surface area contributed by atoms with E-state index >= 15 is 0 Å². The van der Waals surface area contributed by atoms with Gasteiger partial charge in [0.15, 0.2) is 0 Å². The second-order valence-corrected chi connectivity index (χ2v) is 4.45. The highest BCUT2D eigenvalue weighted by Crippen LogP contribution is 2.24. The van der Waals surface area contributed by atoms with Crippen LogP contribution in [0.15, 0.2) is 24.3 Å². The SMILES string of the molecule is O=[N+]([O-])c1ccc(O[C@H]2C[C@@H](O)[C@@H](O)[C@@H](CO)O2)cc1. The summed E-state index contributed by atoms with van der Waals surface area (Å²) in [5.41, 5.74) is -0.0643. The predicted molar refractivity (Wildman–Crippen MR) is 66.1 cm³/mol. The van der Waals surface area contributed by atoms with Gasteiger partial charge in [0, 0.05) is 18.6 Å². The topological polar surface area (TPSA) is 122 Å². The lowest BCUT2D eigenvalue weighted by Crippen LogP contribution is -2.51. The molecule has 1 aliphatic heterocycles. The molecular weight excluding hydrogens is 270 g/mol. The number of ether oxygens (including phenoxy) is 2. The molecule has 1 aliphatic rings. The Hall–Kier alpha value is -1.74. The highest BCUT2D eigenvalue weighted by Gasteiger charge is 2.37. The van der Waals surface area contributed by atoms with Crippen LogP contribution in [-0.2, 0) is 4.74 Å². The van der Waals surface area contributed by atoms with Gasteiger partial charge in [-0.05, 0) is 12.1 Å². The zero-order chi connectivity index (χ0) is 14.7. The smallest absolute Gasteiger partial charge is 0.269 e. The van der Waals surface area contributed by atoms with Gasteiger partial charge in [-0.15, -0.1) is 0 Å². The lowest BCUT2D eigenvalue weighted by molar-refractivity contribution is -0.384. The lowest BCUT2D eigenvalue weighted by Gasteiger charge is -2.36. The van der Waals surface area contributed by atoms with Gasteiger partial charge < -0.3 is 24.8 Å². The first kappa shape index (κ1) is 14.7. The van der Waals surface area contributed by atoms with Gasteiger partial charge in [-0.25, -0.2) is 0 Å². The third kappa shape index (κ3) is 3.23. The summed E-state index contributed by atoms with van der Waals surface area (Å²) < 4.78 is 10.7. The van der Waals surface area contributed by atoms with E-state index in [0.717, 1.165) is 0 Å². The summed E-state index contributed by atoms with van der Waals surface area (Å²) in [5.74, 6) is 0.334. The summed E-state index contributed by atoms with van der Waals surface area (Å²) in [6.07, 6.45) is -3.97. The summed E-state index contributed by atoms with van der Waals surface area (Å²) in [4.78, 5) is 9.99. The van der Waals surface area contributed by atoms with Crippen molar-refractivity contribution in [3.8, 4) is 5.75 Å². The van der Waals surface area contributed by atoms with Gasteiger partial charge in [0.25, 0.3) is 5.69 Å². The molecule has 0 aromatic heterocycles. The first-order chi connectivity index (χ1) is 9.51. The molecule has 1 fully saturated rings. The molecular formula is C12H15NO7. The molecule has 0 radical (unpaired) electrons. The van der Waals surface area contributed by atoms with Crippen molar-refractivity contribution in [2.75, 3.05) is 6.61 Å². The summed E-state index contributed by atoms with van der Waals surface area (Å²) in [6.45, 7) is -0.446. The van der Waals surface area contributed by atoms with E-state index in [2.05, 4.69) is 0 Å². The normalized spacial score (nSPS) is 29.9. The minimum Gasteiger partial charge on any atom is -0.465 e. The van der Waals surface area contributed by atoms with Crippen molar-refractivity contribution >= 4 is 5.69 Å². The fourth-order valence-electron chi connectivity index (χ4n) is 1.94. The summed E-state index contributed by atoms with van der Waals surface area (Å²) in [5, 5.41) is 38.7. The van der Waals surface area contributed by atoms with Crippen molar-refractivity contribution in [3.05, 3.63) is 34.4 Å². The molecule has 4 atom stereocenters. The molecule has 110 valence electrons. The van der Waals surface area contributed by atoms with E-state index in [4.69, 9.17) is 14.6 Å². The van der Waals surface area contributed by atoms with Crippen LogP contribution in [0.3, 0.4) is 0 Å². The molecule has 3 N–H and O–H groups in total. The molecule has 0 aliphatic carbocycles. The Kier molecular flexibility index (Phi) is 4.50. The van der Waals surface area contributed by atoms with E-state index in [1.807, 2.05) is 0 Å². The Morgan fingerprint density at radius 1 is 1.35 bits per heavy atom. The minimum atomic E-state index is -1.17. The Morgan fingerprint density at radius 3 is 2.55 bits per heavy atom. The van der Waals surface area contributed by atoms with Crippen LogP contribution in [0, 0.1) is 10.1 Å². The van der Waals surface area contributed by atoms with Crippen molar-refractivity contribution in [2.24, 2.45) is 0 Å². The third-order valence-corrected chi connectivity index (χ3v) is 3.03. The van der Waals surface area contributed by atoms with Crippen molar-refractivity contribution < 1.29 is 29.7 Å². The number of non-ortho nitro benzene ring substituents is 1. The first-order valence-corrected chi connectivity index (χ1v) is 6.05. The summed E-state index contributed by atoms with van der Waals surface area (Å²) in [6, 6.07) is 5.39. The zero-order valence-electron chi connectivity index (χ0n) is 10.5. The van der Waals surface area contributed by atoms with Gasteiger partial charge >= 0.3 is 0 Å². The molecule has 2 rings (SSSR count). The highest BCUT2D eigenvalue weighted by atomic mass is 16.7. The van der Waals surface area contributed by atoms with Crippen LogP contribution in [0.25, 0.3) is 0 Å². The molecule has 0 saturated carbocycles. The maximum absolute atomic E-state index is 10.5. The van der Waals surface area contributed by atoms with Gasteiger partial charge in [-0.2, -0.15) is 0 Å². The van der Waals surface area contributed by atoms with E-state index in [1.54, 1.807) is 0 Å². The van der Waals surface area contributed by atoms with E-state index in [0.29, 0.717) is 5.75 Å². The second-order valence-electron chi connectivity index (χ2n) is 4.45. The predicted octanol–water partition coefficient (Wildman–Crippen LogP) is -0.197. The Bertz CT molecular complexity index is 463. The average molecular weight is 285 g/mol. The van der Waals surface area contributed by atoms with Gasteiger partial charge in [0.05, 0.1) is 17.6 Å². The first-order valence-electron chi connectivity index (χ1n) is 6.05. The molecule has 1 heterocycles. The van der Waals surface area contributed by atoms with E-state index in [9.17, 15) is 20.3 Å². The largest absolute Gasteiger partial charge is 0.465 e. The number of benzene rings is 1. The van der Waals surface area contributed by atoms with Crippen LogP contribution in [0.2, 0.25) is 0 Å². The lowest BCUT2D eigenvalue weighted by atomic mass is 10.0. The average Bonchev–Trinajstić information content (AvgIpc) is 2.43. The fourth-order valence-corrected chi connectivity index (χ4v) is 1.94. The second kappa shape index (κ2) is 6.14. The molecule has 1 aromatic carbocycles. The molecule has 8 nitrogen and oxygen atoms in total. The van der Waals surface area contributed by atoms with E-state index in [-0.39, 0.29) is 12.1 Å². The number of rotatable bonds is 4. The van der Waals surface area contributed by atoms with Crippen molar-refractivity contribution in [2.45, 2.75) is 31.0 Å². The number of nitrogens with zero attached hydrogens (tertiary/aromatic N) is 1.